The van der Waals surface area contributed by atoms with Crippen molar-refractivity contribution in [2.24, 2.45) is 0 Å². The molecule has 2 rings (SSSR count). The number of carbonyl (C=O) groups excluding carboxylic acids is 2. The highest BCUT2D eigenvalue weighted by Crippen LogP contribution is 2.28. The van der Waals surface area contributed by atoms with Crippen molar-refractivity contribution in [2.75, 3.05) is 6.61 Å². The molecule has 7 nitrogen and oxygen atoms in total. The third-order valence-corrected chi connectivity index (χ3v) is 4.56. The molecule has 0 heterocycles. The first-order valence-electron chi connectivity index (χ1n) is 9.01. The zero-order chi connectivity index (χ0) is 22.1. The van der Waals surface area contributed by atoms with Crippen LogP contribution in [0.1, 0.15) is 19.4 Å². The molecule has 160 valence electrons. The predicted octanol–water partition coefficient (Wildman–Crippen LogP) is 3.42. The fourth-order valence-electron chi connectivity index (χ4n) is 2.20. The van der Waals surface area contributed by atoms with E-state index in [0.29, 0.717) is 16.5 Å². The number of nitrogens with one attached hydrogen (secondary N) is 3. The molecular formula is C20H21Cl2N3O4S. The summed E-state index contributed by atoms with van der Waals surface area (Å²) < 4.78 is 10.9. The van der Waals surface area contributed by atoms with Gasteiger partial charge >= 0.3 is 0 Å². The lowest BCUT2D eigenvalue weighted by molar-refractivity contribution is -0.128. The number of hydrogen-bond acceptors (Lipinski definition) is 5. The third-order valence-electron chi connectivity index (χ3n) is 3.82. The lowest BCUT2D eigenvalue weighted by Gasteiger charge is -2.17. The summed E-state index contributed by atoms with van der Waals surface area (Å²) in [6.07, 6.45) is 0.0344. The summed E-state index contributed by atoms with van der Waals surface area (Å²) in [5.41, 5.74) is 5.94. The number of ether oxygens (including phenoxy) is 2. The Bertz CT molecular complexity index is 909. The van der Waals surface area contributed by atoms with E-state index < -0.39 is 17.9 Å². The first kappa shape index (κ1) is 23.7. The minimum atomic E-state index is -0.885. The lowest BCUT2D eigenvalue weighted by atomic mass is 10.2. The second-order valence-corrected chi connectivity index (χ2v) is 7.36. The second-order valence-electron chi connectivity index (χ2n) is 6.11. The van der Waals surface area contributed by atoms with Crippen LogP contribution in [0.15, 0.2) is 42.5 Å². The summed E-state index contributed by atoms with van der Waals surface area (Å²) in [6.45, 7) is 3.35. The molecule has 0 aromatic heterocycles. The van der Waals surface area contributed by atoms with E-state index in [1.807, 2.05) is 12.1 Å². The molecule has 0 spiro atoms. The molecule has 2 amide bonds. The van der Waals surface area contributed by atoms with Crippen molar-refractivity contribution in [1.82, 2.24) is 16.2 Å². The predicted molar refractivity (Wildman–Crippen MR) is 120 cm³/mol. The van der Waals surface area contributed by atoms with E-state index in [2.05, 4.69) is 23.1 Å². The Morgan fingerprint density at radius 1 is 1.10 bits per heavy atom. The van der Waals surface area contributed by atoms with Gasteiger partial charge in [0.05, 0.1) is 5.02 Å². The number of halogens is 2. The van der Waals surface area contributed by atoms with Crippen LogP contribution in [-0.4, -0.2) is 29.6 Å². The lowest BCUT2D eigenvalue weighted by Crippen LogP contribution is -2.52. The normalized spacial score (nSPS) is 11.2. The van der Waals surface area contributed by atoms with E-state index in [4.69, 9.17) is 44.9 Å². The van der Waals surface area contributed by atoms with Crippen molar-refractivity contribution in [3.05, 3.63) is 58.1 Å². The van der Waals surface area contributed by atoms with Crippen molar-refractivity contribution in [3.8, 4) is 11.5 Å². The summed E-state index contributed by atoms with van der Waals surface area (Å²) in [6, 6.07) is 12.1. The summed E-state index contributed by atoms with van der Waals surface area (Å²) in [7, 11) is 0. The smallest absolute Gasteiger partial charge is 0.279 e. The first-order chi connectivity index (χ1) is 14.3. The number of hydrazine groups is 1. The van der Waals surface area contributed by atoms with E-state index >= 15 is 0 Å². The van der Waals surface area contributed by atoms with E-state index in [1.54, 1.807) is 24.3 Å². The molecule has 0 fully saturated rings. The van der Waals surface area contributed by atoms with Crippen LogP contribution in [0.3, 0.4) is 0 Å². The van der Waals surface area contributed by atoms with Gasteiger partial charge in [0.1, 0.15) is 11.5 Å². The van der Waals surface area contributed by atoms with Crippen LogP contribution < -0.4 is 25.6 Å². The van der Waals surface area contributed by atoms with E-state index in [9.17, 15) is 9.59 Å². The summed E-state index contributed by atoms with van der Waals surface area (Å²) in [4.78, 5) is 24.0. The van der Waals surface area contributed by atoms with Gasteiger partial charge in [0.25, 0.3) is 11.8 Å². The van der Waals surface area contributed by atoms with Gasteiger partial charge in [-0.3, -0.25) is 25.8 Å². The van der Waals surface area contributed by atoms with Gasteiger partial charge in [0.15, 0.2) is 17.8 Å². The standard InChI is InChI=1S/C20H21Cl2N3O4S/c1-3-13-4-7-15(8-5-13)28-11-18(26)23-20(30)25-24-19(27)12(2)29-17-9-6-14(21)10-16(17)22/h4-10,12H,3,11H2,1-2H3,(H,24,27)(H2,23,25,26,30). The molecule has 0 aliphatic carbocycles. The largest absolute Gasteiger partial charge is 0.484 e. The van der Waals surface area contributed by atoms with Gasteiger partial charge in [-0.05, 0) is 61.5 Å². The molecule has 0 saturated carbocycles. The maximum Gasteiger partial charge on any atom is 0.279 e. The highest BCUT2D eigenvalue weighted by Gasteiger charge is 2.17. The van der Waals surface area contributed by atoms with Crippen LogP contribution in [0.4, 0.5) is 0 Å². The molecule has 0 bridgehead atoms. The Balaban J connectivity index is 1.71. The fraction of sp³-hybridized carbons (Fsp3) is 0.250. The average molecular weight is 470 g/mol. The monoisotopic (exact) mass is 469 g/mol. The molecule has 3 N–H and O–H groups in total. The van der Waals surface area contributed by atoms with Gasteiger partial charge in [0, 0.05) is 5.02 Å². The zero-order valence-corrected chi connectivity index (χ0v) is 18.7. The number of benzene rings is 2. The Morgan fingerprint density at radius 3 is 2.43 bits per heavy atom. The Hall–Kier alpha value is -2.55. The van der Waals surface area contributed by atoms with Crippen molar-refractivity contribution in [3.63, 3.8) is 0 Å². The number of carbonyl (C=O) groups is 2. The molecule has 30 heavy (non-hydrogen) atoms. The molecule has 0 aliphatic rings. The SMILES string of the molecule is CCc1ccc(OCC(=O)NC(=S)NNC(=O)C(C)Oc2ccc(Cl)cc2Cl)cc1. The molecule has 2 aromatic rings. The molecule has 2 aromatic carbocycles. The van der Waals surface area contributed by atoms with E-state index in [0.717, 1.165) is 6.42 Å². The van der Waals surface area contributed by atoms with Gasteiger partial charge in [-0.2, -0.15) is 0 Å². The van der Waals surface area contributed by atoms with Gasteiger partial charge in [0.2, 0.25) is 0 Å². The number of hydrogen-bond donors (Lipinski definition) is 3. The van der Waals surface area contributed by atoms with Crippen molar-refractivity contribution in [1.29, 1.82) is 0 Å². The molecule has 1 atom stereocenters. The number of aryl methyl sites for hydroxylation is 1. The van der Waals surface area contributed by atoms with E-state index in [1.165, 1.54) is 18.6 Å². The average Bonchev–Trinajstić information content (AvgIpc) is 2.72. The van der Waals surface area contributed by atoms with Gasteiger partial charge in [-0.1, -0.05) is 42.3 Å². The third kappa shape index (κ3) is 7.70. The quantitative estimate of drug-likeness (QED) is 0.425. The van der Waals surface area contributed by atoms with Crippen LogP contribution in [0.2, 0.25) is 10.0 Å². The zero-order valence-electron chi connectivity index (χ0n) is 16.3. The molecule has 0 aliphatic heterocycles. The van der Waals surface area contributed by atoms with Crippen LogP contribution in [0.25, 0.3) is 0 Å². The van der Waals surface area contributed by atoms with Crippen molar-refractivity contribution in [2.45, 2.75) is 26.4 Å². The summed E-state index contributed by atoms with van der Waals surface area (Å²) in [5, 5.41) is 3.04. The van der Waals surface area contributed by atoms with Gasteiger partial charge < -0.3 is 9.47 Å². The number of amides is 2. The van der Waals surface area contributed by atoms with Crippen LogP contribution in [-0.2, 0) is 16.0 Å². The van der Waals surface area contributed by atoms with Gasteiger partial charge in [-0.15, -0.1) is 0 Å². The Morgan fingerprint density at radius 2 is 1.80 bits per heavy atom. The van der Waals surface area contributed by atoms with Crippen LogP contribution in [0.5, 0.6) is 11.5 Å². The minimum absolute atomic E-state index is 0.0880. The van der Waals surface area contributed by atoms with Crippen molar-refractivity contribution < 1.29 is 19.1 Å². The molecule has 0 saturated heterocycles. The molecule has 0 radical (unpaired) electrons. The number of rotatable bonds is 7. The van der Waals surface area contributed by atoms with Crippen LogP contribution in [0, 0.1) is 0 Å². The Kier molecular flexibility index (Phi) is 9.16. The molecule has 1 unspecified atom stereocenters. The molecule has 10 heteroatoms. The topological polar surface area (TPSA) is 88.7 Å². The van der Waals surface area contributed by atoms with Crippen LogP contribution >= 0.6 is 35.4 Å². The van der Waals surface area contributed by atoms with E-state index in [-0.39, 0.29) is 16.7 Å². The second kappa shape index (κ2) is 11.6. The summed E-state index contributed by atoms with van der Waals surface area (Å²) >= 11 is 16.8. The number of thiocarbonyl (C=S) groups is 1. The summed E-state index contributed by atoms with van der Waals surface area (Å²) in [5.74, 6) is -0.117. The fourth-order valence-corrected chi connectivity index (χ4v) is 2.82. The van der Waals surface area contributed by atoms with Gasteiger partial charge in [-0.25, -0.2) is 0 Å². The first-order valence-corrected chi connectivity index (χ1v) is 10.2. The highest BCUT2D eigenvalue weighted by atomic mass is 35.5. The van der Waals surface area contributed by atoms with Crippen molar-refractivity contribution >= 4 is 52.3 Å². The highest BCUT2D eigenvalue weighted by molar-refractivity contribution is 7.80. The Labute approximate surface area is 190 Å². The maximum absolute atomic E-state index is 12.1. The minimum Gasteiger partial charge on any atom is -0.484 e. The maximum atomic E-state index is 12.1. The molecular weight excluding hydrogens is 449 g/mol.